The van der Waals surface area contributed by atoms with Crippen molar-refractivity contribution < 1.29 is 13.9 Å². The molecule has 1 aromatic carbocycles. The summed E-state index contributed by atoms with van der Waals surface area (Å²) in [5.41, 5.74) is 1.02. The molecule has 0 radical (unpaired) electrons. The number of carbonyl (C=O) groups excluding carboxylic acids is 1. The first-order valence-corrected chi connectivity index (χ1v) is 8.48. The number of benzene rings is 1. The van der Waals surface area contributed by atoms with E-state index < -0.39 is 0 Å². The smallest absolute Gasteiger partial charge is 0.224 e. The van der Waals surface area contributed by atoms with Gasteiger partial charge >= 0.3 is 0 Å². The number of halogens is 1. The van der Waals surface area contributed by atoms with Crippen LogP contribution in [0.4, 0.5) is 4.39 Å². The lowest BCUT2D eigenvalue weighted by Crippen LogP contribution is -2.42. The summed E-state index contributed by atoms with van der Waals surface area (Å²) < 4.78 is 18.8. The van der Waals surface area contributed by atoms with Crippen LogP contribution in [0, 0.1) is 11.7 Å². The summed E-state index contributed by atoms with van der Waals surface area (Å²) in [7, 11) is 0. The lowest BCUT2D eigenvalue weighted by Gasteiger charge is -2.29. The van der Waals surface area contributed by atoms with E-state index in [1.165, 1.54) is 6.07 Å². The van der Waals surface area contributed by atoms with Crippen LogP contribution in [-0.4, -0.2) is 55.1 Å². The molecule has 1 aromatic rings. The van der Waals surface area contributed by atoms with Crippen molar-refractivity contribution in [2.45, 2.75) is 25.8 Å². The molecule has 3 rings (SSSR count). The van der Waals surface area contributed by atoms with Gasteiger partial charge in [-0.15, -0.1) is 0 Å². The number of morpholine rings is 1. The summed E-state index contributed by atoms with van der Waals surface area (Å²) >= 11 is 0. The highest BCUT2D eigenvalue weighted by Crippen LogP contribution is 2.35. The maximum Gasteiger partial charge on any atom is 0.224 e. The minimum absolute atomic E-state index is 0.189. The van der Waals surface area contributed by atoms with E-state index >= 15 is 0 Å². The number of nitrogens with zero attached hydrogens (tertiary/aromatic N) is 2. The van der Waals surface area contributed by atoms with Crippen LogP contribution in [0.15, 0.2) is 24.3 Å². The summed E-state index contributed by atoms with van der Waals surface area (Å²) in [5.74, 6) is 0.582. The summed E-state index contributed by atoms with van der Waals surface area (Å²) in [6.45, 7) is 6.59. The molecule has 23 heavy (non-hydrogen) atoms. The van der Waals surface area contributed by atoms with Gasteiger partial charge in [0.25, 0.3) is 0 Å². The summed E-state index contributed by atoms with van der Waals surface area (Å²) in [6.07, 6.45) is 1.55. The lowest BCUT2D eigenvalue weighted by molar-refractivity contribution is -0.135. The van der Waals surface area contributed by atoms with Gasteiger partial charge in [0, 0.05) is 38.6 Å². The second-order valence-electron chi connectivity index (χ2n) is 6.65. The Bertz CT molecular complexity index is 546. The molecule has 0 saturated carbocycles. The fourth-order valence-corrected chi connectivity index (χ4v) is 3.65. The van der Waals surface area contributed by atoms with Crippen molar-refractivity contribution in [2.24, 2.45) is 5.92 Å². The highest BCUT2D eigenvalue weighted by Gasteiger charge is 2.31. The summed E-state index contributed by atoms with van der Waals surface area (Å²) in [4.78, 5) is 16.5. The minimum atomic E-state index is -0.189. The molecule has 2 saturated heterocycles. The van der Waals surface area contributed by atoms with E-state index in [4.69, 9.17) is 4.74 Å². The average molecular weight is 320 g/mol. The molecule has 2 heterocycles. The second-order valence-corrected chi connectivity index (χ2v) is 6.65. The normalized spacial score (nSPS) is 25.7. The van der Waals surface area contributed by atoms with E-state index in [1.807, 2.05) is 11.0 Å². The first-order chi connectivity index (χ1) is 11.1. The van der Waals surface area contributed by atoms with Crippen LogP contribution in [0.5, 0.6) is 0 Å². The Morgan fingerprint density at radius 1 is 1.35 bits per heavy atom. The van der Waals surface area contributed by atoms with Crippen molar-refractivity contribution in [3.8, 4) is 0 Å². The van der Waals surface area contributed by atoms with Crippen LogP contribution in [0.2, 0.25) is 0 Å². The minimum Gasteiger partial charge on any atom is -0.378 e. The molecular weight excluding hydrogens is 295 g/mol. The maximum absolute atomic E-state index is 13.5. The largest absolute Gasteiger partial charge is 0.378 e. The van der Waals surface area contributed by atoms with Gasteiger partial charge in [0.15, 0.2) is 0 Å². The molecule has 126 valence electrons. The zero-order valence-electron chi connectivity index (χ0n) is 13.7. The molecule has 0 bridgehead atoms. The third-order valence-electron chi connectivity index (χ3n) is 4.82. The van der Waals surface area contributed by atoms with E-state index in [0.717, 1.165) is 25.1 Å². The molecule has 1 amide bonds. The maximum atomic E-state index is 13.5. The zero-order valence-corrected chi connectivity index (χ0v) is 13.7. The standard InChI is InChI=1S/C18H25FN2O2/c1-14-11-17(15-3-2-4-16(19)12-15)21(13-14)6-5-18(22)20-7-9-23-10-8-20/h2-4,12,14,17H,5-11,13H2,1H3/t14-,17-/m1/s1. The van der Waals surface area contributed by atoms with Crippen molar-refractivity contribution in [3.05, 3.63) is 35.6 Å². The van der Waals surface area contributed by atoms with Crippen molar-refractivity contribution in [1.29, 1.82) is 0 Å². The van der Waals surface area contributed by atoms with Crippen LogP contribution >= 0.6 is 0 Å². The Kier molecular flexibility index (Phi) is 5.28. The first-order valence-electron chi connectivity index (χ1n) is 8.48. The van der Waals surface area contributed by atoms with Gasteiger partial charge in [0.1, 0.15) is 5.82 Å². The van der Waals surface area contributed by atoms with Gasteiger partial charge in [-0.2, -0.15) is 0 Å². The quantitative estimate of drug-likeness (QED) is 0.854. The van der Waals surface area contributed by atoms with Gasteiger partial charge < -0.3 is 9.64 Å². The third-order valence-corrected chi connectivity index (χ3v) is 4.82. The number of ether oxygens (including phenoxy) is 1. The van der Waals surface area contributed by atoms with Crippen molar-refractivity contribution in [2.75, 3.05) is 39.4 Å². The zero-order chi connectivity index (χ0) is 16.2. The van der Waals surface area contributed by atoms with E-state index in [0.29, 0.717) is 38.6 Å². The lowest BCUT2D eigenvalue weighted by atomic mass is 10.0. The van der Waals surface area contributed by atoms with Crippen LogP contribution in [0.25, 0.3) is 0 Å². The third kappa shape index (κ3) is 4.09. The predicted molar refractivity (Wildman–Crippen MR) is 86.5 cm³/mol. The Morgan fingerprint density at radius 3 is 2.87 bits per heavy atom. The molecule has 2 atom stereocenters. The van der Waals surface area contributed by atoms with Gasteiger partial charge in [0.2, 0.25) is 5.91 Å². The topological polar surface area (TPSA) is 32.8 Å². The van der Waals surface area contributed by atoms with Crippen LogP contribution in [-0.2, 0) is 9.53 Å². The molecular formula is C18H25FN2O2. The number of rotatable bonds is 4. The molecule has 2 aliphatic rings. The molecule has 0 aliphatic carbocycles. The van der Waals surface area contributed by atoms with Crippen molar-refractivity contribution in [3.63, 3.8) is 0 Å². The highest BCUT2D eigenvalue weighted by atomic mass is 19.1. The van der Waals surface area contributed by atoms with Crippen LogP contribution in [0.1, 0.15) is 31.4 Å². The number of hydrogen-bond donors (Lipinski definition) is 0. The SMILES string of the molecule is C[C@@H]1C[C@H](c2cccc(F)c2)N(CCC(=O)N2CCOCC2)C1. The Balaban J connectivity index is 1.60. The molecule has 0 N–H and O–H groups in total. The Labute approximate surface area is 137 Å². The van der Waals surface area contributed by atoms with Gasteiger partial charge in [-0.05, 0) is 30.0 Å². The van der Waals surface area contributed by atoms with E-state index in [-0.39, 0.29) is 17.8 Å². The molecule has 0 aromatic heterocycles. The monoisotopic (exact) mass is 320 g/mol. The second kappa shape index (κ2) is 7.41. The average Bonchev–Trinajstić information content (AvgIpc) is 2.94. The molecule has 5 heteroatoms. The summed E-state index contributed by atoms with van der Waals surface area (Å²) in [6, 6.07) is 7.08. The fraction of sp³-hybridized carbons (Fsp3) is 0.611. The first kappa shape index (κ1) is 16.4. The molecule has 2 fully saturated rings. The number of amides is 1. The molecule has 4 nitrogen and oxygen atoms in total. The van der Waals surface area contributed by atoms with Gasteiger partial charge in [-0.25, -0.2) is 4.39 Å². The van der Waals surface area contributed by atoms with Gasteiger partial charge in [-0.1, -0.05) is 19.1 Å². The van der Waals surface area contributed by atoms with Crippen LogP contribution < -0.4 is 0 Å². The highest BCUT2D eigenvalue weighted by molar-refractivity contribution is 5.76. The predicted octanol–water partition coefficient (Wildman–Crippen LogP) is 2.46. The number of likely N-dealkylation sites (tertiary alicyclic amines) is 1. The van der Waals surface area contributed by atoms with E-state index in [1.54, 1.807) is 12.1 Å². The fourth-order valence-electron chi connectivity index (χ4n) is 3.65. The van der Waals surface area contributed by atoms with Gasteiger partial charge in [0.05, 0.1) is 13.2 Å². The van der Waals surface area contributed by atoms with Crippen molar-refractivity contribution >= 4 is 5.91 Å². The number of carbonyl (C=O) groups is 1. The molecule has 0 spiro atoms. The van der Waals surface area contributed by atoms with E-state index in [9.17, 15) is 9.18 Å². The van der Waals surface area contributed by atoms with Crippen molar-refractivity contribution in [1.82, 2.24) is 9.80 Å². The summed E-state index contributed by atoms with van der Waals surface area (Å²) in [5, 5.41) is 0. The van der Waals surface area contributed by atoms with Gasteiger partial charge in [-0.3, -0.25) is 9.69 Å². The molecule has 0 unspecified atom stereocenters. The Hall–Kier alpha value is -1.46. The van der Waals surface area contributed by atoms with E-state index in [2.05, 4.69) is 11.8 Å². The molecule has 2 aliphatic heterocycles. The van der Waals surface area contributed by atoms with Crippen LogP contribution in [0.3, 0.4) is 0 Å². The Morgan fingerprint density at radius 2 is 2.13 bits per heavy atom. The number of hydrogen-bond acceptors (Lipinski definition) is 3.